The molecular formula is C14H17NO5. The van der Waals surface area contributed by atoms with Crippen molar-refractivity contribution in [2.24, 2.45) is 5.92 Å². The maximum atomic E-state index is 12.0. The Morgan fingerprint density at radius 2 is 1.90 bits per heavy atom. The van der Waals surface area contributed by atoms with E-state index < -0.39 is 24.1 Å². The van der Waals surface area contributed by atoms with Gasteiger partial charge >= 0.3 is 5.97 Å². The fraction of sp³-hybridized carbons (Fsp3) is 0.429. The first kappa shape index (κ1) is 14.2. The minimum atomic E-state index is -0.954. The van der Waals surface area contributed by atoms with Gasteiger partial charge in [-0.1, -0.05) is 19.1 Å². The van der Waals surface area contributed by atoms with Crippen molar-refractivity contribution in [1.29, 1.82) is 0 Å². The zero-order valence-electron chi connectivity index (χ0n) is 11.3. The lowest BCUT2D eigenvalue weighted by Gasteiger charge is -2.31. The highest BCUT2D eigenvalue weighted by molar-refractivity contribution is 5.83. The van der Waals surface area contributed by atoms with Crippen LogP contribution in [-0.4, -0.2) is 35.7 Å². The van der Waals surface area contributed by atoms with Crippen LogP contribution in [0.15, 0.2) is 24.3 Å². The molecule has 0 bridgehead atoms. The van der Waals surface area contributed by atoms with Crippen molar-refractivity contribution in [2.75, 3.05) is 6.54 Å². The van der Waals surface area contributed by atoms with E-state index in [2.05, 4.69) is 5.32 Å². The molecule has 1 heterocycles. The van der Waals surface area contributed by atoms with Gasteiger partial charge in [-0.05, 0) is 19.1 Å². The molecule has 2 rings (SSSR count). The van der Waals surface area contributed by atoms with Gasteiger partial charge in [-0.15, -0.1) is 0 Å². The Morgan fingerprint density at radius 3 is 2.50 bits per heavy atom. The van der Waals surface area contributed by atoms with Crippen molar-refractivity contribution in [1.82, 2.24) is 5.32 Å². The fourth-order valence-electron chi connectivity index (χ4n) is 1.85. The van der Waals surface area contributed by atoms with E-state index in [9.17, 15) is 9.59 Å². The molecule has 0 saturated carbocycles. The van der Waals surface area contributed by atoms with Gasteiger partial charge in [0, 0.05) is 6.54 Å². The van der Waals surface area contributed by atoms with E-state index in [0.29, 0.717) is 11.5 Å². The molecule has 6 nitrogen and oxygen atoms in total. The number of carbonyl (C=O) groups excluding carboxylic acids is 1. The van der Waals surface area contributed by atoms with Crippen LogP contribution in [-0.2, 0) is 9.59 Å². The number of ether oxygens (including phenoxy) is 2. The lowest BCUT2D eigenvalue weighted by atomic mass is 10.1. The van der Waals surface area contributed by atoms with Gasteiger partial charge in [-0.2, -0.15) is 0 Å². The number of carbonyl (C=O) groups is 2. The van der Waals surface area contributed by atoms with E-state index >= 15 is 0 Å². The number of rotatable bonds is 4. The number of hydrogen-bond acceptors (Lipinski definition) is 4. The third kappa shape index (κ3) is 3.01. The summed E-state index contributed by atoms with van der Waals surface area (Å²) in [7, 11) is 0. The smallest absolute Gasteiger partial charge is 0.308 e. The van der Waals surface area contributed by atoms with Crippen LogP contribution in [0.4, 0.5) is 0 Å². The molecular weight excluding hydrogens is 262 g/mol. The lowest BCUT2D eigenvalue weighted by molar-refractivity contribution is -0.141. The van der Waals surface area contributed by atoms with Crippen LogP contribution in [0.25, 0.3) is 0 Å². The van der Waals surface area contributed by atoms with E-state index in [-0.39, 0.29) is 12.5 Å². The van der Waals surface area contributed by atoms with Crippen LogP contribution < -0.4 is 14.8 Å². The standard InChI is InChI=1S/C14H17NO5/c1-8(14(17)18)7-15-13(16)12-9(2)19-10-5-3-4-6-11(10)20-12/h3-6,8-9,12H,7H2,1-2H3,(H,15,16)(H,17,18). The molecule has 0 saturated heterocycles. The van der Waals surface area contributed by atoms with Gasteiger partial charge in [-0.3, -0.25) is 9.59 Å². The number of nitrogens with one attached hydrogen (secondary N) is 1. The summed E-state index contributed by atoms with van der Waals surface area (Å²) in [6, 6.07) is 7.11. The van der Waals surface area contributed by atoms with E-state index in [4.69, 9.17) is 14.6 Å². The van der Waals surface area contributed by atoms with Gasteiger partial charge in [0.05, 0.1) is 5.92 Å². The van der Waals surface area contributed by atoms with Crippen LogP contribution in [0.3, 0.4) is 0 Å². The summed E-state index contributed by atoms with van der Waals surface area (Å²) in [6.45, 7) is 3.32. The van der Waals surface area contributed by atoms with Crippen LogP contribution in [0, 0.1) is 5.92 Å². The summed E-state index contributed by atoms with van der Waals surface area (Å²) < 4.78 is 11.2. The highest BCUT2D eigenvalue weighted by Crippen LogP contribution is 2.33. The Balaban J connectivity index is 1.99. The van der Waals surface area contributed by atoms with E-state index in [1.807, 2.05) is 6.07 Å². The molecule has 3 atom stereocenters. The fourth-order valence-corrected chi connectivity index (χ4v) is 1.85. The Morgan fingerprint density at radius 1 is 1.30 bits per heavy atom. The molecule has 0 aromatic heterocycles. The second kappa shape index (κ2) is 5.81. The molecule has 1 aliphatic rings. The SMILES string of the molecule is CC(CNC(=O)C1Oc2ccccc2OC1C)C(=O)O. The quantitative estimate of drug-likeness (QED) is 0.860. The molecule has 1 aromatic carbocycles. The first-order chi connectivity index (χ1) is 9.49. The summed E-state index contributed by atoms with van der Waals surface area (Å²) in [5, 5.41) is 11.4. The van der Waals surface area contributed by atoms with Crippen LogP contribution in [0.5, 0.6) is 11.5 Å². The molecule has 0 radical (unpaired) electrons. The zero-order chi connectivity index (χ0) is 14.7. The van der Waals surface area contributed by atoms with Gasteiger partial charge in [0.25, 0.3) is 5.91 Å². The molecule has 0 spiro atoms. The molecule has 3 unspecified atom stereocenters. The Labute approximate surface area is 116 Å². The van der Waals surface area contributed by atoms with Gasteiger partial charge < -0.3 is 19.9 Å². The third-order valence-corrected chi connectivity index (χ3v) is 3.10. The van der Waals surface area contributed by atoms with Gasteiger partial charge in [0.1, 0.15) is 6.10 Å². The molecule has 6 heteroatoms. The molecule has 2 N–H and O–H groups in total. The summed E-state index contributed by atoms with van der Waals surface area (Å²) in [5.74, 6) is -0.865. The predicted molar refractivity (Wildman–Crippen MR) is 70.8 cm³/mol. The summed E-state index contributed by atoms with van der Waals surface area (Å²) >= 11 is 0. The molecule has 1 amide bonds. The normalized spacial score (nSPS) is 21.9. The molecule has 1 aliphatic heterocycles. The molecule has 0 aliphatic carbocycles. The average Bonchev–Trinajstić information content (AvgIpc) is 2.43. The number of fused-ring (bicyclic) bond motifs is 1. The highest BCUT2D eigenvalue weighted by Gasteiger charge is 2.34. The van der Waals surface area contributed by atoms with Crippen molar-refractivity contribution < 1.29 is 24.2 Å². The molecule has 108 valence electrons. The van der Waals surface area contributed by atoms with E-state index in [1.165, 1.54) is 6.92 Å². The Kier molecular flexibility index (Phi) is 4.12. The van der Waals surface area contributed by atoms with Crippen molar-refractivity contribution in [3.05, 3.63) is 24.3 Å². The first-order valence-corrected chi connectivity index (χ1v) is 6.42. The largest absolute Gasteiger partial charge is 0.482 e. The van der Waals surface area contributed by atoms with Crippen molar-refractivity contribution in [2.45, 2.75) is 26.1 Å². The molecule has 20 heavy (non-hydrogen) atoms. The van der Waals surface area contributed by atoms with Crippen molar-refractivity contribution in [3.8, 4) is 11.5 Å². The molecule has 1 aromatic rings. The van der Waals surface area contributed by atoms with E-state index in [0.717, 1.165) is 0 Å². The first-order valence-electron chi connectivity index (χ1n) is 6.42. The Bertz CT molecular complexity index is 516. The minimum Gasteiger partial charge on any atom is -0.482 e. The zero-order valence-corrected chi connectivity index (χ0v) is 11.3. The number of hydrogen-bond donors (Lipinski definition) is 2. The van der Waals surface area contributed by atoms with Crippen molar-refractivity contribution >= 4 is 11.9 Å². The number of carboxylic acids is 1. The average molecular weight is 279 g/mol. The van der Waals surface area contributed by atoms with Gasteiger partial charge in [0.15, 0.2) is 11.5 Å². The van der Waals surface area contributed by atoms with E-state index in [1.54, 1.807) is 25.1 Å². The second-order valence-corrected chi connectivity index (χ2v) is 4.79. The predicted octanol–water partition coefficient (Wildman–Crippen LogP) is 1.05. The number of amides is 1. The van der Waals surface area contributed by atoms with Crippen molar-refractivity contribution in [3.63, 3.8) is 0 Å². The summed E-state index contributed by atoms with van der Waals surface area (Å²) in [6.07, 6.45) is -1.23. The van der Waals surface area contributed by atoms with Gasteiger partial charge in [-0.25, -0.2) is 0 Å². The van der Waals surface area contributed by atoms with Crippen LogP contribution >= 0.6 is 0 Å². The number of para-hydroxylation sites is 2. The number of benzene rings is 1. The number of carboxylic acid groups (broad SMARTS) is 1. The minimum absolute atomic E-state index is 0.0579. The topological polar surface area (TPSA) is 84.9 Å². The van der Waals surface area contributed by atoms with Gasteiger partial charge in [0.2, 0.25) is 6.10 Å². The number of aliphatic carboxylic acids is 1. The Hall–Kier alpha value is -2.24. The maximum absolute atomic E-state index is 12.0. The highest BCUT2D eigenvalue weighted by atomic mass is 16.6. The second-order valence-electron chi connectivity index (χ2n) is 4.79. The molecule has 0 fully saturated rings. The summed E-state index contributed by atoms with van der Waals surface area (Å²) in [4.78, 5) is 22.7. The monoisotopic (exact) mass is 279 g/mol. The summed E-state index contributed by atoms with van der Waals surface area (Å²) in [5.41, 5.74) is 0. The van der Waals surface area contributed by atoms with Crippen LogP contribution in [0.2, 0.25) is 0 Å². The third-order valence-electron chi connectivity index (χ3n) is 3.10. The lowest BCUT2D eigenvalue weighted by Crippen LogP contribution is -2.50. The van der Waals surface area contributed by atoms with Crippen LogP contribution in [0.1, 0.15) is 13.8 Å². The maximum Gasteiger partial charge on any atom is 0.308 e.